The average Bonchev–Trinajstić information content (AvgIpc) is 3.03. The standard InChI is InChI=1S/C19H21FN4/c1-23(12-15-4-3-8-22-11-15)13-16-7-9-24(14-16)19-6-2-5-18(20)17(19)10-21/h2-6,8,11,16H,7,9,12-14H2,1H3. The van der Waals surface area contributed by atoms with Crippen molar-refractivity contribution in [2.45, 2.75) is 13.0 Å². The van der Waals surface area contributed by atoms with E-state index in [0.29, 0.717) is 5.92 Å². The molecule has 4 nitrogen and oxygen atoms in total. The van der Waals surface area contributed by atoms with Crippen molar-refractivity contribution in [1.29, 1.82) is 5.26 Å². The van der Waals surface area contributed by atoms with Gasteiger partial charge in [-0.1, -0.05) is 12.1 Å². The van der Waals surface area contributed by atoms with Gasteiger partial charge in [-0.2, -0.15) is 5.26 Å². The molecule has 0 saturated carbocycles. The minimum Gasteiger partial charge on any atom is -0.370 e. The Bertz CT molecular complexity index is 726. The zero-order valence-corrected chi connectivity index (χ0v) is 13.8. The maximum absolute atomic E-state index is 13.8. The first-order valence-electron chi connectivity index (χ1n) is 8.18. The van der Waals surface area contributed by atoms with Crippen LogP contribution in [-0.4, -0.2) is 36.6 Å². The predicted molar refractivity (Wildman–Crippen MR) is 92.0 cm³/mol. The summed E-state index contributed by atoms with van der Waals surface area (Å²) in [6.07, 6.45) is 4.73. The molecule has 1 saturated heterocycles. The first-order valence-corrected chi connectivity index (χ1v) is 8.18. The van der Waals surface area contributed by atoms with Gasteiger partial charge in [0.15, 0.2) is 0 Å². The smallest absolute Gasteiger partial charge is 0.143 e. The molecule has 0 radical (unpaired) electrons. The highest BCUT2D eigenvalue weighted by molar-refractivity contribution is 5.60. The largest absolute Gasteiger partial charge is 0.370 e. The molecule has 2 aromatic rings. The molecule has 24 heavy (non-hydrogen) atoms. The van der Waals surface area contributed by atoms with Crippen LogP contribution in [0.4, 0.5) is 10.1 Å². The van der Waals surface area contributed by atoms with E-state index < -0.39 is 5.82 Å². The zero-order valence-electron chi connectivity index (χ0n) is 13.8. The van der Waals surface area contributed by atoms with Gasteiger partial charge in [0, 0.05) is 38.6 Å². The minimum absolute atomic E-state index is 0.155. The Morgan fingerprint density at radius 1 is 1.38 bits per heavy atom. The summed E-state index contributed by atoms with van der Waals surface area (Å²) in [5, 5.41) is 9.20. The normalized spacial score (nSPS) is 17.2. The van der Waals surface area contributed by atoms with E-state index in [2.05, 4.69) is 27.9 Å². The number of aromatic nitrogens is 1. The number of hydrogen-bond acceptors (Lipinski definition) is 4. The van der Waals surface area contributed by atoms with Crippen LogP contribution >= 0.6 is 0 Å². The van der Waals surface area contributed by atoms with Crippen LogP contribution < -0.4 is 4.90 Å². The third-order valence-corrected chi connectivity index (χ3v) is 4.48. The van der Waals surface area contributed by atoms with Gasteiger partial charge in [0.1, 0.15) is 17.4 Å². The molecule has 2 heterocycles. The lowest BCUT2D eigenvalue weighted by Gasteiger charge is -2.23. The fourth-order valence-corrected chi connectivity index (χ4v) is 3.40. The number of anilines is 1. The van der Waals surface area contributed by atoms with Gasteiger partial charge in [0.25, 0.3) is 0 Å². The van der Waals surface area contributed by atoms with Gasteiger partial charge in [-0.05, 0) is 43.1 Å². The van der Waals surface area contributed by atoms with Crippen LogP contribution in [0.25, 0.3) is 0 Å². The number of halogens is 1. The van der Waals surface area contributed by atoms with Gasteiger partial charge in [-0.3, -0.25) is 4.98 Å². The molecule has 1 unspecified atom stereocenters. The Morgan fingerprint density at radius 2 is 2.25 bits per heavy atom. The number of nitrogens with zero attached hydrogens (tertiary/aromatic N) is 4. The second-order valence-corrected chi connectivity index (χ2v) is 6.40. The Hall–Kier alpha value is -2.45. The van der Waals surface area contributed by atoms with Crippen molar-refractivity contribution in [3.63, 3.8) is 0 Å². The van der Waals surface area contributed by atoms with Crippen LogP contribution in [0, 0.1) is 23.1 Å². The number of nitriles is 1. The molecule has 0 aliphatic carbocycles. The van der Waals surface area contributed by atoms with Gasteiger partial charge in [0.2, 0.25) is 0 Å². The van der Waals surface area contributed by atoms with E-state index in [-0.39, 0.29) is 5.56 Å². The molecule has 5 heteroatoms. The lowest BCUT2D eigenvalue weighted by Crippen LogP contribution is -2.28. The summed E-state index contributed by atoms with van der Waals surface area (Å²) in [5.74, 6) is 0.0774. The van der Waals surface area contributed by atoms with E-state index in [1.165, 1.54) is 11.6 Å². The molecular weight excluding hydrogens is 303 g/mol. The van der Waals surface area contributed by atoms with Crippen molar-refractivity contribution in [3.05, 3.63) is 59.7 Å². The molecule has 3 rings (SSSR count). The van der Waals surface area contributed by atoms with Crippen LogP contribution in [0.1, 0.15) is 17.5 Å². The Morgan fingerprint density at radius 3 is 3.00 bits per heavy atom. The molecule has 1 aliphatic rings. The fraction of sp³-hybridized carbons (Fsp3) is 0.368. The summed E-state index contributed by atoms with van der Waals surface area (Å²) in [6, 6.07) is 10.9. The van der Waals surface area contributed by atoms with Gasteiger partial charge < -0.3 is 9.80 Å². The van der Waals surface area contributed by atoms with Crippen molar-refractivity contribution in [2.75, 3.05) is 31.6 Å². The van der Waals surface area contributed by atoms with Gasteiger partial charge in [-0.15, -0.1) is 0 Å². The molecule has 124 valence electrons. The number of pyridine rings is 1. The molecule has 1 aromatic carbocycles. The molecular formula is C19H21FN4. The van der Waals surface area contributed by atoms with Gasteiger partial charge >= 0.3 is 0 Å². The Balaban J connectivity index is 1.60. The average molecular weight is 324 g/mol. The van der Waals surface area contributed by atoms with Crippen LogP contribution in [-0.2, 0) is 6.54 Å². The Labute approximate surface area is 142 Å². The SMILES string of the molecule is CN(Cc1cccnc1)CC1CCN(c2cccc(F)c2C#N)C1. The second-order valence-electron chi connectivity index (χ2n) is 6.40. The van der Waals surface area contributed by atoms with Crippen LogP contribution in [0.3, 0.4) is 0 Å². The maximum Gasteiger partial charge on any atom is 0.143 e. The van der Waals surface area contributed by atoms with E-state index in [9.17, 15) is 9.65 Å². The highest BCUT2D eigenvalue weighted by atomic mass is 19.1. The molecule has 1 aromatic heterocycles. The Kier molecular flexibility index (Phi) is 5.07. The van der Waals surface area contributed by atoms with Crippen molar-refractivity contribution in [1.82, 2.24) is 9.88 Å². The first kappa shape index (κ1) is 16.4. The maximum atomic E-state index is 13.8. The van der Waals surface area contributed by atoms with Crippen LogP contribution in [0.2, 0.25) is 0 Å². The molecule has 0 amide bonds. The summed E-state index contributed by atoms with van der Waals surface area (Å²) in [6.45, 7) is 3.56. The van der Waals surface area contributed by atoms with Crippen molar-refractivity contribution < 1.29 is 4.39 Å². The van der Waals surface area contributed by atoms with E-state index in [0.717, 1.165) is 38.3 Å². The first-order chi connectivity index (χ1) is 11.7. The molecule has 1 atom stereocenters. The van der Waals surface area contributed by atoms with E-state index in [1.54, 1.807) is 12.3 Å². The highest BCUT2D eigenvalue weighted by Crippen LogP contribution is 2.28. The van der Waals surface area contributed by atoms with Crippen LogP contribution in [0.15, 0.2) is 42.7 Å². The summed E-state index contributed by atoms with van der Waals surface area (Å²) < 4.78 is 13.8. The zero-order chi connectivity index (χ0) is 16.9. The number of benzene rings is 1. The minimum atomic E-state index is -0.438. The van der Waals surface area contributed by atoms with E-state index >= 15 is 0 Å². The summed E-state index contributed by atoms with van der Waals surface area (Å²) in [4.78, 5) is 8.57. The number of rotatable bonds is 5. The van der Waals surface area contributed by atoms with Crippen LogP contribution in [0.5, 0.6) is 0 Å². The third kappa shape index (κ3) is 3.72. The second kappa shape index (κ2) is 7.41. The van der Waals surface area contributed by atoms with Crippen molar-refractivity contribution in [3.8, 4) is 6.07 Å². The predicted octanol–water partition coefficient (Wildman–Crippen LogP) is 3.05. The molecule has 0 spiro atoms. The van der Waals surface area contributed by atoms with E-state index in [4.69, 9.17) is 0 Å². The molecule has 1 aliphatic heterocycles. The van der Waals surface area contributed by atoms with Crippen molar-refractivity contribution >= 4 is 5.69 Å². The van der Waals surface area contributed by atoms with Crippen molar-refractivity contribution in [2.24, 2.45) is 5.92 Å². The number of hydrogen-bond donors (Lipinski definition) is 0. The lowest BCUT2D eigenvalue weighted by atomic mass is 10.1. The van der Waals surface area contributed by atoms with E-state index in [1.807, 2.05) is 24.4 Å². The molecule has 0 N–H and O–H groups in total. The van der Waals surface area contributed by atoms with Gasteiger partial charge in [0.05, 0.1) is 5.69 Å². The molecule has 1 fully saturated rings. The summed E-state index contributed by atoms with van der Waals surface area (Å²) in [5.41, 5.74) is 2.07. The van der Waals surface area contributed by atoms with Gasteiger partial charge in [-0.25, -0.2) is 4.39 Å². The quantitative estimate of drug-likeness (QED) is 0.848. The topological polar surface area (TPSA) is 43.2 Å². The monoisotopic (exact) mass is 324 g/mol. The highest BCUT2D eigenvalue weighted by Gasteiger charge is 2.26. The molecule has 0 bridgehead atoms. The lowest BCUT2D eigenvalue weighted by molar-refractivity contribution is 0.279. The fourth-order valence-electron chi connectivity index (χ4n) is 3.40. The summed E-state index contributed by atoms with van der Waals surface area (Å²) >= 11 is 0. The summed E-state index contributed by atoms with van der Waals surface area (Å²) in [7, 11) is 2.11. The third-order valence-electron chi connectivity index (χ3n) is 4.48.